The molecule has 29 heavy (non-hydrogen) atoms. The molecule has 5 nitrogen and oxygen atoms in total. The number of rotatable bonds is 4. The maximum atomic E-state index is 12.9. The summed E-state index contributed by atoms with van der Waals surface area (Å²) in [4.78, 5) is 28.7. The first-order valence-electron chi connectivity index (χ1n) is 9.22. The highest BCUT2D eigenvalue weighted by molar-refractivity contribution is 7.19. The van der Waals surface area contributed by atoms with Crippen LogP contribution in [0, 0.1) is 13.8 Å². The summed E-state index contributed by atoms with van der Waals surface area (Å²) in [6.07, 6.45) is 5.02. The zero-order valence-electron chi connectivity index (χ0n) is 16.5. The second-order valence-corrected chi connectivity index (χ2v) is 7.81. The van der Waals surface area contributed by atoms with Crippen molar-refractivity contribution in [3.8, 4) is 21.7 Å². The summed E-state index contributed by atoms with van der Waals surface area (Å²) in [5.74, 6) is -0.139. The van der Waals surface area contributed by atoms with Crippen LogP contribution in [0.3, 0.4) is 0 Å². The number of carbonyl (C=O) groups is 1. The van der Waals surface area contributed by atoms with Gasteiger partial charge in [0, 0.05) is 36.9 Å². The molecular formula is C23H20N4OS. The predicted molar refractivity (Wildman–Crippen MR) is 117 cm³/mol. The van der Waals surface area contributed by atoms with Gasteiger partial charge in [-0.3, -0.25) is 19.7 Å². The van der Waals surface area contributed by atoms with Gasteiger partial charge >= 0.3 is 0 Å². The van der Waals surface area contributed by atoms with Crippen LogP contribution in [0.5, 0.6) is 0 Å². The van der Waals surface area contributed by atoms with Crippen LogP contribution in [0.25, 0.3) is 21.7 Å². The summed E-state index contributed by atoms with van der Waals surface area (Å²) in [7, 11) is 1.75. The van der Waals surface area contributed by atoms with E-state index < -0.39 is 0 Å². The van der Waals surface area contributed by atoms with Gasteiger partial charge in [-0.2, -0.15) is 0 Å². The van der Waals surface area contributed by atoms with E-state index in [-0.39, 0.29) is 5.91 Å². The maximum Gasteiger partial charge on any atom is 0.261 e. The van der Waals surface area contributed by atoms with Crippen molar-refractivity contribution in [2.24, 2.45) is 0 Å². The lowest BCUT2D eigenvalue weighted by Crippen LogP contribution is -2.26. The van der Waals surface area contributed by atoms with E-state index >= 15 is 0 Å². The monoisotopic (exact) mass is 400 g/mol. The number of carbonyl (C=O) groups excluding carboxylic acids is 1. The number of hydrogen-bond acceptors (Lipinski definition) is 5. The van der Waals surface area contributed by atoms with Gasteiger partial charge in [-0.1, -0.05) is 35.1 Å². The van der Waals surface area contributed by atoms with Crippen LogP contribution in [-0.2, 0) is 0 Å². The normalized spacial score (nSPS) is 10.7. The van der Waals surface area contributed by atoms with Crippen LogP contribution in [0.15, 0.2) is 67.1 Å². The fourth-order valence-corrected chi connectivity index (χ4v) is 4.14. The van der Waals surface area contributed by atoms with Crippen LogP contribution < -0.4 is 4.90 Å². The molecule has 0 unspecified atom stereocenters. The molecular weight excluding hydrogens is 380 g/mol. The van der Waals surface area contributed by atoms with E-state index in [0.29, 0.717) is 10.7 Å². The molecule has 6 heteroatoms. The third kappa shape index (κ3) is 3.93. The van der Waals surface area contributed by atoms with E-state index in [1.165, 1.54) is 11.3 Å². The van der Waals surface area contributed by atoms with Crippen molar-refractivity contribution in [3.05, 3.63) is 83.9 Å². The first kappa shape index (κ1) is 19.0. The van der Waals surface area contributed by atoms with Gasteiger partial charge in [0.05, 0.1) is 16.1 Å². The van der Waals surface area contributed by atoms with E-state index in [1.807, 2.05) is 31.2 Å². The molecule has 1 amide bonds. The van der Waals surface area contributed by atoms with Crippen molar-refractivity contribution in [1.82, 2.24) is 15.0 Å². The van der Waals surface area contributed by atoms with Crippen LogP contribution in [0.4, 0.5) is 5.13 Å². The number of hydrogen-bond donors (Lipinski definition) is 0. The Labute approximate surface area is 173 Å². The number of nitrogens with zero attached hydrogens (tertiary/aromatic N) is 4. The second kappa shape index (κ2) is 7.93. The van der Waals surface area contributed by atoms with Crippen LogP contribution in [-0.4, -0.2) is 27.9 Å². The summed E-state index contributed by atoms with van der Waals surface area (Å²) >= 11 is 1.50. The second-order valence-electron chi connectivity index (χ2n) is 6.84. The van der Waals surface area contributed by atoms with E-state index in [0.717, 1.165) is 33.0 Å². The molecule has 144 valence electrons. The molecule has 0 aliphatic heterocycles. The zero-order valence-corrected chi connectivity index (χ0v) is 17.3. The molecule has 1 aromatic carbocycles. The lowest BCUT2D eigenvalue weighted by Gasteiger charge is -2.13. The van der Waals surface area contributed by atoms with Gasteiger partial charge in [-0.25, -0.2) is 4.98 Å². The van der Waals surface area contributed by atoms with E-state index in [4.69, 9.17) is 4.98 Å². The standard InChI is InChI=1S/C23H20N4OS/c1-15-6-4-7-17(12-15)20-21(18-9-11-25-16(2)13-18)29-23(26-20)27(3)22(28)19-8-5-10-24-14-19/h4-14H,1-3H3. The molecule has 0 N–H and O–H groups in total. The Hall–Kier alpha value is -3.38. The fourth-order valence-electron chi connectivity index (χ4n) is 3.09. The molecule has 3 aromatic heterocycles. The molecule has 0 bridgehead atoms. The highest BCUT2D eigenvalue weighted by atomic mass is 32.1. The van der Waals surface area contributed by atoms with Crippen LogP contribution in [0.2, 0.25) is 0 Å². The Morgan fingerprint density at radius 2 is 1.86 bits per heavy atom. The van der Waals surface area contributed by atoms with Crippen molar-refractivity contribution < 1.29 is 4.79 Å². The summed E-state index contributed by atoms with van der Waals surface area (Å²) in [6, 6.07) is 15.8. The molecule has 0 fully saturated rings. The average molecular weight is 401 g/mol. The Morgan fingerprint density at radius 3 is 2.59 bits per heavy atom. The van der Waals surface area contributed by atoms with Crippen molar-refractivity contribution in [2.45, 2.75) is 13.8 Å². The van der Waals surface area contributed by atoms with E-state index in [9.17, 15) is 4.79 Å². The lowest BCUT2D eigenvalue weighted by molar-refractivity contribution is 0.0992. The minimum Gasteiger partial charge on any atom is -0.287 e. The summed E-state index contributed by atoms with van der Waals surface area (Å²) in [6.45, 7) is 4.03. The molecule has 0 aliphatic rings. The first-order valence-corrected chi connectivity index (χ1v) is 10.0. The Kier molecular flexibility index (Phi) is 5.18. The molecule has 0 saturated heterocycles. The number of benzene rings is 1. The summed E-state index contributed by atoms with van der Waals surface area (Å²) < 4.78 is 0. The molecule has 4 rings (SSSR count). The van der Waals surface area contributed by atoms with Gasteiger partial charge in [0.15, 0.2) is 5.13 Å². The van der Waals surface area contributed by atoms with Crippen molar-refractivity contribution in [3.63, 3.8) is 0 Å². The van der Waals surface area contributed by atoms with Crippen LogP contribution >= 0.6 is 11.3 Å². The fraction of sp³-hybridized carbons (Fsp3) is 0.130. The third-order valence-corrected chi connectivity index (χ3v) is 5.75. The molecule has 0 aliphatic carbocycles. The number of pyridine rings is 2. The van der Waals surface area contributed by atoms with Crippen molar-refractivity contribution in [1.29, 1.82) is 0 Å². The Bertz CT molecular complexity index is 1110. The minimum absolute atomic E-state index is 0.139. The van der Waals surface area contributed by atoms with Gasteiger partial charge < -0.3 is 0 Å². The smallest absolute Gasteiger partial charge is 0.261 e. The molecule has 0 spiro atoms. The molecule has 3 heterocycles. The molecule has 4 aromatic rings. The SMILES string of the molecule is Cc1cccc(-c2nc(N(C)C(=O)c3cccnc3)sc2-c2ccnc(C)c2)c1. The quantitative estimate of drug-likeness (QED) is 0.475. The number of thiazole rings is 1. The molecule has 0 atom stereocenters. The first-order chi connectivity index (χ1) is 14.0. The van der Waals surface area contributed by atoms with E-state index in [1.54, 1.807) is 42.7 Å². The number of anilines is 1. The number of aryl methyl sites for hydroxylation is 2. The number of aromatic nitrogens is 3. The highest BCUT2D eigenvalue weighted by Crippen LogP contribution is 2.40. The predicted octanol–water partition coefficient (Wildman–Crippen LogP) is 5.16. The zero-order chi connectivity index (χ0) is 20.4. The van der Waals surface area contributed by atoms with Crippen molar-refractivity contribution in [2.75, 3.05) is 11.9 Å². The summed E-state index contributed by atoms with van der Waals surface area (Å²) in [5, 5.41) is 0.639. The third-order valence-electron chi connectivity index (χ3n) is 4.57. The largest absolute Gasteiger partial charge is 0.287 e. The van der Waals surface area contributed by atoms with Gasteiger partial charge in [0.25, 0.3) is 5.91 Å². The Balaban J connectivity index is 1.82. The van der Waals surface area contributed by atoms with Gasteiger partial charge in [-0.05, 0) is 49.7 Å². The maximum absolute atomic E-state index is 12.9. The minimum atomic E-state index is -0.139. The van der Waals surface area contributed by atoms with E-state index in [2.05, 4.69) is 29.0 Å². The number of amides is 1. The topological polar surface area (TPSA) is 59.0 Å². The Morgan fingerprint density at radius 1 is 1.00 bits per heavy atom. The van der Waals surface area contributed by atoms with Crippen LogP contribution in [0.1, 0.15) is 21.6 Å². The highest BCUT2D eigenvalue weighted by Gasteiger charge is 2.21. The molecule has 0 radical (unpaired) electrons. The summed E-state index contributed by atoms with van der Waals surface area (Å²) in [5.41, 5.74) is 5.56. The van der Waals surface area contributed by atoms with Crippen molar-refractivity contribution >= 4 is 22.4 Å². The molecule has 0 saturated carbocycles. The van der Waals surface area contributed by atoms with Gasteiger partial charge in [-0.15, -0.1) is 0 Å². The van der Waals surface area contributed by atoms with Gasteiger partial charge in [0.2, 0.25) is 0 Å². The lowest BCUT2D eigenvalue weighted by atomic mass is 10.1. The van der Waals surface area contributed by atoms with Gasteiger partial charge in [0.1, 0.15) is 0 Å². The average Bonchev–Trinajstić information content (AvgIpc) is 3.19.